The summed E-state index contributed by atoms with van der Waals surface area (Å²) in [5, 5.41) is 1.20. The smallest absolute Gasteiger partial charge is 0.200 e. The Morgan fingerprint density at radius 1 is 0.962 bits per heavy atom. The first-order chi connectivity index (χ1) is 12.6. The summed E-state index contributed by atoms with van der Waals surface area (Å²) in [6, 6.07) is 11.4. The highest BCUT2D eigenvalue weighted by Crippen LogP contribution is 2.26. The van der Waals surface area contributed by atoms with E-state index < -0.39 is 0 Å². The van der Waals surface area contributed by atoms with Crippen LogP contribution in [0.4, 0.5) is 11.4 Å². The highest BCUT2D eigenvalue weighted by molar-refractivity contribution is 5.92. The van der Waals surface area contributed by atoms with Crippen LogP contribution in [0.25, 0.3) is 21.9 Å². The number of hydrogen-bond acceptors (Lipinski definition) is 4. The zero-order chi connectivity index (χ0) is 18.7. The Labute approximate surface area is 153 Å². The summed E-state index contributed by atoms with van der Waals surface area (Å²) < 4.78 is 6.10. The zero-order valence-corrected chi connectivity index (χ0v) is 15.4. The highest BCUT2D eigenvalue weighted by atomic mass is 16.3. The number of hydrogen-bond donors (Lipinski definition) is 0. The molecule has 3 rings (SSSR count). The van der Waals surface area contributed by atoms with Crippen LogP contribution in [0.2, 0.25) is 0 Å². The first kappa shape index (κ1) is 17.8. The van der Waals surface area contributed by atoms with Crippen molar-refractivity contribution in [3.8, 4) is 0 Å². The summed E-state index contributed by atoms with van der Waals surface area (Å²) >= 11 is 0. The van der Waals surface area contributed by atoms with Crippen molar-refractivity contribution in [2.45, 2.75) is 6.92 Å². The van der Waals surface area contributed by atoms with Gasteiger partial charge in [0.25, 0.3) is 0 Å². The third-order valence-electron chi connectivity index (χ3n) is 4.62. The molecule has 4 nitrogen and oxygen atoms in total. The second-order valence-electron chi connectivity index (χ2n) is 6.29. The predicted octanol–water partition coefficient (Wildman–Crippen LogP) is 4.58. The first-order valence-corrected chi connectivity index (χ1v) is 8.77. The highest BCUT2D eigenvalue weighted by Gasteiger charge is 2.12. The van der Waals surface area contributed by atoms with Crippen molar-refractivity contribution >= 4 is 33.3 Å². The Morgan fingerprint density at radius 3 is 2.04 bits per heavy atom. The van der Waals surface area contributed by atoms with Gasteiger partial charge in [0.1, 0.15) is 11.2 Å². The minimum atomic E-state index is -0.00232. The quantitative estimate of drug-likeness (QED) is 0.462. The van der Waals surface area contributed by atoms with Crippen LogP contribution in [-0.2, 0) is 0 Å². The molecule has 0 aliphatic carbocycles. The molecule has 1 aromatic heterocycles. The van der Waals surface area contributed by atoms with E-state index in [1.807, 2.05) is 55.6 Å². The van der Waals surface area contributed by atoms with Crippen LogP contribution < -0.4 is 15.2 Å². The van der Waals surface area contributed by atoms with E-state index in [-0.39, 0.29) is 5.43 Å². The molecule has 0 saturated carbocycles. The zero-order valence-electron chi connectivity index (χ0n) is 15.4. The van der Waals surface area contributed by atoms with Gasteiger partial charge in [0.15, 0.2) is 0 Å². The van der Waals surface area contributed by atoms with Crippen LogP contribution in [0.5, 0.6) is 0 Å². The van der Waals surface area contributed by atoms with Crippen molar-refractivity contribution in [3.63, 3.8) is 0 Å². The number of benzene rings is 2. The van der Waals surface area contributed by atoms with E-state index in [1.54, 1.807) is 0 Å². The molecule has 0 aliphatic heterocycles. The number of rotatable bonds is 7. The molecular formula is C22H24N2O2. The molecule has 4 heteroatoms. The van der Waals surface area contributed by atoms with Crippen LogP contribution in [0.15, 0.2) is 70.9 Å². The Kier molecular flexibility index (Phi) is 5.12. The lowest BCUT2D eigenvalue weighted by atomic mass is 10.1. The lowest BCUT2D eigenvalue weighted by Gasteiger charge is -2.21. The van der Waals surface area contributed by atoms with E-state index in [0.717, 1.165) is 17.9 Å². The minimum Gasteiger partial charge on any atom is -0.456 e. The van der Waals surface area contributed by atoms with Crippen molar-refractivity contribution in [1.29, 1.82) is 0 Å². The second kappa shape index (κ2) is 7.48. The average Bonchev–Trinajstić information content (AvgIpc) is 2.66. The van der Waals surface area contributed by atoms with Gasteiger partial charge in [-0.3, -0.25) is 4.79 Å². The maximum absolute atomic E-state index is 12.9. The Morgan fingerprint density at radius 2 is 1.50 bits per heavy atom. The van der Waals surface area contributed by atoms with E-state index in [0.29, 0.717) is 35.0 Å². The molecule has 2 aromatic carbocycles. The van der Waals surface area contributed by atoms with Gasteiger partial charge in [0.05, 0.1) is 10.8 Å². The average molecular weight is 348 g/mol. The molecule has 0 radical (unpaired) electrons. The third-order valence-corrected chi connectivity index (χ3v) is 4.62. The molecule has 0 bridgehead atoms. The largest absolute Gasteiger partial charge is 0.456 e. The molecule has 0 aliphatic rings. The number of anilines is 2. The van der Waals surface area contributed by atoms with Crippen LogP contribution in [0, 0.1) is 0 Å². The van der Waals surface area contributed by atoms with Gasteiger partial charge in [-0.2, -0.15) is 0 Å². The fraction of sp³-hybridized carbons (Fsp3) is 0.227. The summed E-state index contributed by atoms with van der Waals surface area (Å²) in [7, 11) is 2.01. The summed E-state index contributed by atoms with van der Waals surface area (Å²) in [6.07, 6.45) is 3.69. The standard InChI is InChI=1S/C22H24N2O2/c1-5-12-24(13-6-2)17-9-11-19-21(15-17)26-20-14-16(23(4)7-3)8-10-18(20)22(19)25/h5-6,8-11,14-15H,1-2,7,12-13H2,3-4H3. The third kappa shape index (κ3) is 3.23. The molecule has 1 heterocycles. The second-order valence-corrected chi connectivity index (χ2v) is 6.29. The number of nitrogens with zero attached hydrogens (tertiary/aromatic N) is 2. The summed E-state index contributed by atoms with van der Waals surface area (Å²) in [6.45, 7) is 12.0. The number of fused-ring (bicyclic) bond motifs is 2. The van der Waals surface area contributed by atoms with Crippen molar-refractivity contribution in [2.75, 3.05) is 36.5 Å². The molecule has 0 spiro atoms. The maximum Gasteiger partial charge on any atom is 0.200 e. The van der Waals surface area contributed by atoms with Gasteiger partial charge >= 0.3 is 0 Å². The van der Waals surface area contributed by atoms with Gasteiger partial charge < -0.3 is 14.2 Å². The van der Waals surface area contributed by atoms with Crippen LogP contribution >= 0.6 is 0 Å². The van der Waals surface area contributed by atoms with E-state index in [2.05, 4.69) is 29.9 Å². The molecule has 0 unspecified atom stereocenters. The topological polar surface area (TPSA) is 36.7 Å². The van der Waals surface area contributed by atoms with Crippen LogP contribution in [0.3, 0.4) is 0 Å². The predicted molar refractivity (Wildman–Crippen MR) is 112 cm³/mol. The van der Waals surface area contributed by atoms with E-state index in [9.17, 15) is 4.79 Å². The molecule has 0 N–H and O–H groups in total. The molecular weight excluding hydrogens is 324 g/mol. The van der Waals surface area contributed by atoms with E-state index in [4.69, 9.17) is 4.42 Å². The Hall–Kier alpha value is -3.01. The molecule has 0 atom stereocenters. The van der Waals surface area contributed by atoms with Crippen molar-refractivity contribution in [2.24, 2.45) is 0 Å². The van der Waals surface area contributed by atoms with Crippen molar-refractivity contribution < 1.29 is 4.42 Å². The van der Waals surface area contributed by atoms with E-state index >= 15 is 0 Å². The summed E-state index contributed by atoms with van der Waals surface area (Å²) in [5.41, 5.74) is 3.20. The fourth-order valence-corrected chi connectivity index (χ4v) is 3.04. The van der Waals surface area contributed by atoms with Gasteiger partial charge in [0.2, 0.25) is 5.43 Å². The molecule has 3 aromatic rings. The first-order valence-electron chi connectivity index (χ1n) is 8.77. The van der Waals surface area contributed by atoms with Gasteiger partial charge in [-0.1, -0.05) is 12.2 Å². The lowest BCUT2D eigenvalue weighted by molar-refractivity contribution is 0.659. The lowest BCUT2D eigenvalue weighted by Crippen LogP contribution is -2.23. The van der Waals surface area contributed by atoms with Gasteiger partial charge in [-0.25, -0.2) is 0 Å². The van der Waals surface area contributed by atoms with Crippen LogP contribution in [-0.4, -0.2) is 26.7 Å². The van der Waals surface area contributed by atoms with Crippen LogP contribution in [0.1, 0.15) is 6.92 Å². The summed E-state index contributed by atoms with van der Waals surface area (Å²) in [4.78, 5) is 17.1. The SMILES string of the molecule is C=CCN(CC=C)c1ccc2c(=O)c3ccc(N(C)CC)cc3oc2c1. The monoisotopic (exact) mass is 348 g/mol. The molecule has 26 heavy (non-hydrogen) atoms. The minimum absolute atomic E-state index is 0.00232. The fourth-order valence-electron chi connectivity index (χ4n) is 3.04. The van der Waals surface area contributed by atoms with Gasteiger partial charge in [0, 0.05) is 50.2 Å². The Bertz CT molecular complexity index is 1010. The molecule has 0 saturated heterocycles. The summed E-state index contributed by atoms with van der Waals surface area (Å²) in [5.74, 6) is 0. The van der Waals surface area contributed by atoms with E-state index in [1.165, 1.54) is 0 Å². The van der Waals surface area contributed by atoms with Gasteiger partial charge in [-0.05, 0) is 31.2 Å². The maximum atomic E-state index is 12.9. The Balaban J connectivity index is 2.18. The van der Waals surface area contributed by atoms with Crippen molar-refractivity contribution in [1.82, 2.24) is 0 Å². The normalized spacial score (nSPS) is 10.8. The van der Waals surface area contributed by atoms with Crippen molar-refractivity contribution in [3.05, 3.63) is 71.9 Å². The molecule has 0 fully saturated rings. The van der Waals surface area contributed by atoms with Gasteiger partial charge in [-0.15, -0.1) is 13.2 Å². The molecule has 134 valence electrons. The molecule has 0 amide bonds.